The molecule has 2 aromatic rings. The van der Waals surface area contributed by atoms with E-state index in [1.807, 2.05) is 12.1 Å². The first-order chi connectivity index (χ1) is 9.72. The minimum atomic E-state index is -0.302. The molecule has 2 heterocycles. The number of nitrogen functional groups attached to an aromatic ring is 1. The van der Waals surface area contributed by atoms with Crippen molar-refractivity contribution in [2.45, 2.75) is 25.8 Å². The molecule has 5 heteroatoms. The summed E-state index contributed by atoms with van der Waals surface area (Å²) in [6.45, 7) is 2.89. The first-order valence-electron chi connectivity index (χ1n) is 6.74. The standard InChI is InChI=1S/C15H19FN4/c1-2-6-19-14(12-5-8-18-10-13(12)16)9-11-4-3-7-20-15(11)17/h3-5,7-8,10,14,19H,2,6,9H2,1H3,(H2,17,20). The number of hydrogen-bond donors (Lipinski definition) is 2. The summed E-state index contributed by atoms with van der Waals surface area (Å²) in [7, 11) is 0. The van der Waals surface area contributed by atoms with Crippen LogP contribution in [0.15, 0.2) is 36.8 Å². The van der Waals surface area contributed by atoms with Crippen LogP contribution in [0.4, 0.5) is 10.2 Å². The second kappa shape index (κ2) is 6.96. The molecule has 0 aliphatic carbocycles. The lowest BCUT2D eigenvalue weighted by Crippen LogP contribution is -2.25. The van der Waals surface area contributed by atoms with Crippen LogP contribution in [0, 0.1) is 5.82 Å². The van der Waals surface area contributed by atoms with Gasteiger partial charge in [-0.05, 0) is 37.1 Å². The number of nitrogens with zero attached hydrogens (tertiary/aromatic N) is 2. The molecule has 0 aliphatic heterocycles. The van der Waals surface area contributed by atoms with E-state index in [2.05, 4.69) is 22.2 Å². The molecule has 1 atom stereocenters. The summed E-state index contributed by atoms with van der Waals surface area (Å²) in [5.74, 6) is 0.189. The SMILES string of the molecule is CCCNC(Cc1cccnc1N)c1ccncc1F. The highest BCUT2D eigenvalue weighted by Crippen LogP contribution is 2.22. The fourth-order valence-electron chi connectivity index (χ4n) is 2.12. The van der Waals surface area contributed by atoms with Crippen molar-refractivity contribution in [2.24, 2.45) is 0 Å². The zero-order chi connectivity index (χ0) is 14.4. The molecular weight excluding hydrogens is 255 g/mol. The lowest BCUT2D eigenvalue weighted by atomic mass is 9.99. The number of rotatable bonds is 6. The molecule has 2 aromatic heterocycles. The van der Waals surface area contributed by atoms with E-state index in [4.69, 9.17) is 5.73 Å². The predicted octanol–water partition coefficient (Wildman–Crippen LogP) is 2.48. The first kappa shape index (κ1) is 14.4. The van der Waals surface area contributed by atoms with Crippen LogP contribution in [0.2, 0.25) is 0 Å². The lowest BCUT2D eigenvalue weighted by molar-refractivity contribution is 0.495. The van der Waals surface area contributed by atoms with Gasteiger partial charge in [0.2, 0.25) is 0 Å². The van der Waals surface area contributed by atoms with Crippen molar-refractivity contribution >= 4 is 5.82 Å². The molecule has 3 N–H and O–H groups in total. The molecule has 0 bridgehead atoms. The number of pyridine rings is 2. The van der Waals surface area contributed by atoms with Gasteiger partial charge in [-0.3, -0.25) is 4.98 Å². The van der Waals surface area contributed by atoms with Crippen molar-refractivity contribution < 1.29 is 4.39 Å². The molecule has 0 aromatic carbocycles. The zero-order valence-electron chi connectivity index (χ0n) is 11.5. The minimum absolute atomic E-state index is 0.135. The molecule has 4 nitrogen and oxygen atoms in total. The minimum Gasteiger partial charge on any atom is -0.383 e. The van der Waals surface area contributed by atoms with Gasteiger partial charge >= 0.3 is 0 Å². The Balaban J connectivity index is 2.24. The molecule has 20 heavy (non-hydrogen) atoms. The van der Waals surface area contributed by atoms with Gasteiger partial charge in [0.25, 0.3) is 0 Å². The van der Waals surface area contributed by atoms with Crippen molar-refractivity contribution in [1.29, 1.82) is 0 Å². The molecule has 0 spiro atoms. The molecule has 0 radical (unpaired) electrons. The Morgan fingerprint density at radius 3 is 2.90 bits per heavy atom. The molecule has 2 rings (SSSR count). The zero-order valence-corrected chi connectivity index (χ0v) is 11.5. The number of anilines is 1. The van der Waals surface area contributed by atoms with Gasteiger partial charge < -0.3 is 11.1 Å². The molecule has 0 amide bonds. The van der Waals surface area contributed by atoms with E-state index < -0.39 is 0 Å². The lowest BCUT2D eigenvalue weighted by Gasteiger charge is -2.20. The van der Waals surface area contributed by atoms with Crippen LogP contribution < -0.4 is 11.1 Å². The van der Waals surface area contributed by atoms with Gasteiger partial charge in [-0.25, -0.2) is 9.37 Å². The maximum atomic E-state index is 13.9. The van der Waals surface area contributed by atoms with Gasteiger partial charge in [0.1, 0.15) is 11.6 Å². The molecule has 1 unspecified atom stereocenters. The topological polar surface area (TPSA) is 63.8 Å². The normalized spacial score (nSPS) is 12.3. The van der Waals surface area contributed by atoms with E-state index in [0.717, 1.165) is 18.5 Å². The van der Waals surface area contributed by atoms with Gasteiger partial charge in [0.05, 0.1) is 6.20 Å². The van der Waals surface area contributed by atoms with Crippen molar-refractivity contribution in [3.63, 3.8) is 0 Å². The Morgan fingerprint density at radius 2 is 2.20 bits per heavy atom. The maximum absolute atomic E-state index is 13.9. The predicted molar refractivity (Wildman–Crippen MR) is 77.6 cm³/mol. The van der Waals surface area contributed by atoms with Crippen LogP contribution in [0.25, 0.3) is 0 Å². The Hall–Kier alpha value is -2.01. The summed E-state index contributed by atoms with van der Waals surface area (Å²) < 4.78 is 13.9. The summed E-state index contributed by atoms with van der Waals surface area (Å²) >= 11 is 0. The smallest absolute Gasteiger partial charge is 0.146 e. The highest BCUT2D eigenvalue weighted by Gasteiger charge is 2.17. The van der Waals surface area contributed by atoms with E-state index in [0.29, 0.717) is 17.8 Å². The third-order valence-corrected chi connectivity index (χ3v) is 3.17. The van der Waals surface area contributed by atoms with Crippen LogP contribution in [-0.2, 0) is 6.42 Å². The number of nitrogens with one attached hydrogen (secondary N) is 1. The fourth-order valence-corrected chi connectivity index (χ4v) is 2.12. The average molecular weight is 274 g/mol. The molecule has 0 saturated heterocycles. The van der Waals surface area contributed by atoms with Crippen molar-refractivity contribution in [2.75, 3.05) is 12.3 Å². The maximum Gasteiger partial charge on any atom is 0.146 e. The van der Waals surface area contributed by atoms with Crippen LogP contribution >= 0.6 is 0 Å². The van der Waals surface area contributed by atoms with Gasteiger partial charge in [-0.15, -0.1) is 0 Å². The van der Waals surface area contributed by atoms with E-state index in [1.165, 1.54) is 6.20 Å². The largest absolute Gasteiger partial charge is 0.383 e. The average Bonchev–Trinajstić information content (AvgIpc) is 2.46. The van der Waals surface area contributed by atoms with Crippen molar-refractivity contribution in [1.82, 2.24) is 15.3 Å². The Bertz CT molecular complexity index is 559. The first-order valence-corrected chi connectivity index (χ1v) is 6.74. The van der Waals surface area contributed by atoms with Crippen LogP contribution in [0.5, 0.6) is 0 Å². The Labute approximate surface area is 118 Å². The Kier molecular flexibility index (Phi) is 5.01. The number of nitrogens with two attached hydrogens (primary N) is 1. The van der Waals surface area contributed by atoms with Gasteiger partial charge in [-0.2, -0.15) is 0 Å². The van der Waals surface area contributed by atoms with Gasteiger partial charge in [0, 0.05) is 24.0 Å². The van der Waals surface area contributed by atoms with Gasteiger partial charge in [-0.1, -0.05) is 13.0 Å². The molecule has 106 valence electrons. The van der Waals surface area contributed by atoms with Crippen LogP contribution in [0.3, 0.4) is 0 Å². The highest BCUT2D eigenvalue weighted by atomic mass is 19.1. The van der Waals surface area contributed by atoms with Crippen LogP contribution in [0.1, 0.15) is 30.5 Å². The quantitative estimate of drug-likeness (QED) is 0.849. The van der Waals surface area contributed by atoms with E-state index in [-0.39, 0.29) is 11.9 Å². The van der Waals surface area contributed by atoms with E-state index in [9.17, 15) is 4.39 Å². The molecule has 0 fully saturated rings. The van der Waals surface area contributed by atoms with Crippen molar-refractivity contribution in [3.05, 3.63) is 53.7 Å². The molecule has 0 aliphatic rings. The highest BCUT2D eigenvalue weighted by molar-refractivity contribution is 5.39. The number of hydrogen-bond acceptors (Lipinski definition) is 4. The van der Waals surface area contributed by atoms with E-state index in [1.54, 1.807) is 18.5 Å². The number of halogens is 1. The monoisotopic (exact) mass is 274 g/mol. The third-order valence-electron chi connectivity index (χ3n) is 3.17. The Morgan fingerprint density at radius 1 is 1.35 bits per heavy atom. The van der Waals surface area contributed by atoms with Crippen LogP contribution in [-0.4, -0.2) is 16.5 Å². The third kappa shape index (κ3) is 3.51. The summed E-state index contributed by atoms with van der Waals surface area (Å²) in [4.78, 5) is 7.86. The summed E-state index contributed by atoms with van der Waals surface area (Å²) in [6.07, 6.45) is 6.07. The summed E-state index contributed by atoms with van der Waals surface area (Å²) in [5, 5.41) is 3.35. The summed E-state index contributed by atoms with van der Waals surface area (Å²) in [5.41, 5.74) is 7.39. The summed E-state index contributed by atoms with van der Waals surface area (Å²) in [6, 6.07) is 5.33. The van der Waals surface area contributed by atoms with Crippen molar-refractivity contribution in [3.8, 4) is 0 Å². The molecular formula is C15H19FN4. The fraction of sp³-hybridized carbons (Fsp3) is 0.333. The second-order valence-electron chi connectivity index (χ2n) is 4.66. The van der Waals surface area contributed by atoms with Gasteiger partial charge in [0.15, 0.2) is 0 Å². The second-order valence-corrected chi connectivity index (χ2v) is 4.66. The number of aromatic nitrogens is 2. The van der Waals surface area contributed by atoms with E-state index >= 15 is 0 Å². The molecule has 0 saturated carbocycles.